The van der Waals surface area contributed by atoms with Crippen LogP contribution in [0.3, 0.4) is 0 Å². The molecule has 92 valence electrons. The Morgan fingerprint density at radius 1 is 1.11 bits per heavy atom. The van der Waals surface area contributed by atoms with Crippen molar-refractivity contribution in [1.82, 2.24) is 5.32 Å². The number of phenols is 1. The minimum absolute atomic E-state index is 0.184. The molecule has 1 aliphatic rings. The quantitative estimate of drug-likeness (QED) is 0.868. The van der Waals surface area contributed by atoms with Crippen molar-refractivity contribution >= 4 is 0 Å². The lowest BCUT2D eigenvalue weighted by Crippen LogP contribution is -2.19. The maximum absolute atomic E-state index is 9.63. The third-order valence-electron chi connectivity index (χ3n) is 3.24. The number of aromatic hydroxyl groups is 1. The summed E-state index contributed by atoms with van der Waals surface area (Å²) in [6.45, 7) is 1.40. The van der Waals surface area contributed by atoms with E-state index in [0.29, 0.717) is 12.4 Å². The molecule has 1 heterocycles. The number of ether oxygens (including phenoxy) is 1. The minimum Gasteiger partial charge on any atom is -0.504 e. The Balaban J connectivity index is 1.71. The van der Waals surface area contributed by atoms with Crippen LogP contribution in [0.2, 0.25) is 0 Å². The topological polar surface area (TPSA) is 41.5 Å². The van der Waals surface area contributed by atoms with Crippen LogP contribution in [0.5, 0.6) is 11.5 Å². The van der Waals surface area contributed by atoms with Crippen LogP contribution in [0.25, 0.3) is 0 Å². The van der Waals surface area contributed by atoms with Crippen LogP contribution >= 0.6 is 0 Å². The number of rotatable bonds is 3. The molecule has 0 bridgehead atoms. The number of hydrogen-bond donors (Lipinski definition) is 2. The Morgan fingerprint density at radius 3 is 2.78 bits per heavy atom. The zero-order valence-electron chi connectivity index (χ0n) is 9.97. The number of fused-ring (bicyclic) bond motifs is 1. The monoisotopic (exact) mass is 241 g/mol. The summed E-state index contributed by atoms with van der Waals surface area (Å²) in [6.07, 6.45) is 0. The molecule has 2 aromatic rings. The fraction of sp³-hybridized carbons (Fsp3) is 0.200. The van der Waals surface area contributed by atoms with Gasteiger partial charge < -0.3 is 15.2 Å². The summed E-state index contributed by atoms with van der Waals surface area (Å²) < 4.78 is 5.67. The van der Waals surface area contributed by atoms with Crippen molar-refractivity contribution in [1.29, 1.82) is 0 Å². The fourth-order valence-corrected chi connectivity index (χ4v) is 2.28. The highest BCUT2D eigenvalue weighted by molar-refractivity contribution is 5.38. The van der Waals surface area contributed by atoms with Crippen LogP contribution in [-0.2, 0) is 6.54 Å². The van der Waals surface area contributed by atoms with Gasteiger partial charge in [-0.1, -0.05) is 36.4 Å². The molecule has 0 spiro atoms. The third kappa shape index (κ3) is 2.05. The van der Waals surface area contributed by atoms with Crippen LogP contribution in [0.15, 0.2) is 48.5 Å². The lowest BCUT2D eigenvalue weighted by atomic mass is 10.1. The van der Waals surface area contributed by atoms with Crippen LogP contribution in [0, 0.1) is 0 Å². The Morgan fingerprint density at radius 2 is 1.89 bits per heavy atom. The molecule has 1 aliphatic heterocycles. The Hall–Kier alpha value is -2.00. The van der Waals surface area contributed by atoms with Crippen molar-refractivity contribution in [3.05, 3.63) is 59.7 Å². The highest BCUT2D eigenvalue weighted by Crippen LogP contribution is 2.28. The molecule has 2 N–H and O–H groups in total. The summed E-state index contributed by atoms with van der Waals surface area (Å²) in [5.74, 6) is 0.715. The van der Waals surface area contributed by atoms with Gasteiger partial charge in [0.2, 0.25) is 0 Å². The van der Waals surface area contributed by atoms with Gasteiger partial charge in [0, 0.05) is 6.54 Å². The van der Waals surface area contributed by atoms with Crippen molar-refractivity contribution in [3.8, 4) is 11.5 Å². The van der Waals surface area contributed by atoms with Gasteiger partial charge in [0.05, 0.1) is 6.04 Å². The maximum Gasteiger partial charge on any atom is 0.161 e. The van der Waals surface area contributed by atoms with Crippen molar-refractivity contribution in [2.75, 3.05) is 6.61 Å². The molecular weight excluding hydrogens is 226 g/mol. The molecule has 0 aliphatic carbocycles. The molecule has 0 saturated heterocycles. The Labute approximate surface area is 106 Å². The van der Waals surface area contributed by atoms with E-state index < -0.39 is 0 Å². The van der Waals surface area contributed by atoms with E-state index in [1.807, 2.05) is 18.2 Å². The number of para-hydroxylation sites is 2. The Bertz CT molecular complexity index is 554. The zero-order chi connectivity index (χ0) is 12.4. The summed E-state index contributed by atoms with van der Waals surface area (Å²) in [5, 5.41) is 13.0. The molecule has 0 saturated carbocycles. The lowest BCUT2D eigenvalue weighted by Gasteiger charge is -2.14. The highest BCUT2D eigenvalue weighted by Gasteiger charge is 2.21. The predicted octanol–water partition coefficient (Wildman–Crippen LogP) is 2.62. The van der Waals surface area contributed by atoms with Crippen molar-refractivity contribution in [2.24, 2.45) is 0 Å². The second kappa shape index (κ2) is 4.70. The van der Waals surface area contributed by atoms with E-state index in [4.69, 9.17) is 4.74 Å². The van der Waals surface area contributed by atoms with E-state index in [0.717, 1.165) is 6.54 Å². The van der Waals surface area contributed by atoms with Gasteiger partial charge in [-0.15, -0.1) is 0 Å². The van der Waals surface area contributed by atoms with Crippen LogP contribution in [0.1, 0.15) is 17.2 Å². The SMILES string of the molecule is Oc1ccccc1OCC1NCc2ccccc21. The van der Waals surface area contributed by atoms with Gasteiger partial charge in [0.15, 0.2) is 11.5 Å². The molecule has 3 heteroatoms. The first kappa shape index (κ1) is 11.1. The first-order chi connectivity index (χ1) is 8.84. The van der Waals surface area contributed by atoms with E-state index in [2.05, 4.69) is 17.4 Å². The van der Waals surface area contributed by atoms with Gasteiger partial charge in [-0.25, -0.2) is 0 Å². The van der Waals surface area contributed by atoms with Gasteiger partial charge in [-0.3, -0.25) is 0 Å². The number of nitrogens with one attached hydrogen (secondary N) is 1. The summed E-state index contributed by atoms with van der Waals surface area (Å²) in [6, 6.07) is 15.6. The van der Waals surface area contributed by atoms with E-state index in [9.17, 15) is 5.11 Å². The van der Waals surface area contributed by atoms with Gasteiger partial charge >= 0.3 is 0 Å². The first-order valence-electron chi connectivity index (χ1n) is 6.06. The predicted molar refractivity (Wildman–Crippen MR) is 69.6 cm³/mol. The standard InChI is InChI=1S/C15H15NO2/c17-14-7-3-4-8-15(14)18-10-13-12-6-2-1-5-11(12)9-16-13/h1-8,13,16-17H,9-10H2. The van der Waals surface area contributed by atoms with Crippen molar-refractivity contribution < 1.29 is 9.84 Å². The minimum atomic E-state index is 0.184. The van der Waals surface area contributed by atoms with E-state index >= 15 is 0 Å². The molecule has 0 fully saturated rings. The third-order valence-corrected chi connectivity index (χ3v) is 3.24. The van der Waals surface area contributed by atoms with E-state index in [-0.39, 0.29) is 11.8 Å². The van der Waals surface area contributed by atoms with Gasteiger partial charge in [-0.2, -0.15) is 0 Å². The molecule has 3 nitrogen and oxygen atoms in total. The maximum atomic E-state index is 9.63. The number of benzene rings is 2. The largest absolute Gasteiger partial charge is 0.504 e. The van der Waals surface area contributed by atoms with Gasteiger partial charge in [0.25, 0.3) is 0 Å². The molecule has 2 aromatic carbocycles. The molecule has 0 amide bonds. The summed E-state index contributed by atoms with van der Waals surface area (Å²) in [7, 11) is 0. The molecule has 0 radical (unpaired) electrons. The molecule has 1 atom stereocenters. The van der Waals surface area contributed by atoms with E-state index in [1.54, 1.807) is 18.2 Å². The summed E-state index contributed by atoms with van der Waals surface area (Å²) >= 11 is 0. The van der Waals surface area contributed by atoms with Crippen molar-refractivity contribution in [2.45, 2.75) is 12.6 Å². The Kier molecular flexibility index (Phi) is 2.90. The average Bonchev–Trinajstić information content (AvgIpc) is 2.81. The molecular formula is C15H15NO2. The van der Waals surface area contributed by atoms with Crippen molar-refractivity contribution in [3.63, 3.8) is 0 Å². The van der Waals surface area contributed by atoms with Crippen LogP contribution in [-0.4, -0.2) is 11.7 Å². The number of phenolic OH excluding ortho intramolecular Hbond substituents is 1. The first-order valence-corrected chi connectivity index (χ1v) is 6.06. The van der Waals surface area contributed by atoms with Crippen LogP contribution in [0.4, 0.5) is 0 Å². The second-order valence-corrected chi connectivity index (χ2v) is 4.41. The molecule has 1 unspecified atom stereocenters. The van der Waals surface area contributed by atoms with Gasteiger partial charge in [0.1, 0.15) is 6.61 Å². The van der Waals surface area contributed by atoms with E-state index in [1.165, 1.54) is 11.1 Å². The van der Waals surface area contributed by atoms with Crippen LogP contribution < -0.4 is 10.1 Å². The fourth-order valence-electron chi connectivity index (χ4n) is 2.28. The smallest absolute Gasteiger partial charge is 0.161 e. The molecule has 18 heavy (non-hydrogen) atoms. The molecule has 3 rings (SSSR count). The second-order valence-electron chi connectivity index (χ2n) is 4.41. The number of hydrogen-bond acceptors (Lipinski definition) is 3. The lowest BCUT2D eigenvalue weighted by molar-refractivity contribution is 0.262. The van der Waals surface area contributed by atoms with Gasteiger partial charge in [-0.05, 0) is 23.3 Å². The zero-order valence-corrected chi connectivity index (χ0v) is 9.97. The summed E-state index contributed by atoms with van der Waals surface area (Å²) in [5.41, 5.74) is 2.61. The normalized spacial score (nSPS) is 17.4. The summed E-state index contributed by atoms with van der Waals surface area (Å²) in [4.78, 5) is 0. The average molecular weight is 241 g/mol. The molecule has 0 aromatic heterocycles. The highest BCUT2D eigenvalue weighted by atomic mass is 16.5.